The SMILES string of the molecule is CCCNC(C)(C#N)CN(C)C(C)CC(C)C. The fourth-order valence-electron chi connectivity index (χ4n) is 2.05. The van der Waals surface area contributed by atoms with Crippen LogP contribution in [0.1, 0.15) is 47.5 Å². The van der Waals surface area contributed by atoms with Crippen LogP contribution < -0.4 is 5.32 Å². The van der Waals surface area contributed by atoms with Crippen LogP contribution in [-0.4, -0.2) is 36.6 Å². The van der Waals surface area contributed by atoms with Crippen molar-refractivity contribution in [3.63, 3.8) is 0 Å². The molecule has 3 heteroatoms. The van der Waals surface area contributed by atoms with Crippen LogP contribution in [0, 0.1) is 17.2 Å². The maximum absolute atomic E-state index is 9.29. The molecule has 0 radical (unpaired) electrons. The van der Waals surface area contributed by atoms with Crippen molar-refractivity contribution < 1.29 is 0 Å². The highest BCUT2D eigenvalue weighted by Crippen LogP contribution is 2.13. The predicted molar refractivity (Wildman–Crippen MR) is 73.9 cm³/mol. The molecule has 17 heavy (non-hydrogen) atoms. The molecular formula is C14H29N3. The topological polar surface area (TPSA) is 39.1 Å². The summed E-state index contributed by atoms with van der Waals surface area (Å²) in [5.41, 5.74) is -0.435. The lowest BCUT2D eigenvalue weighted by Crippen LogP contribution is -2.51. The molecule has 0 aromatic heterocycles. The number of hydrogen-bond acceptors (Lipinski definition) is 3. The Bertz CT molecular complexity index is 244. The number of nitriles is 1. The minimum absolute atomic E-state index is 0.435. The van der Waals surface area contributed by atoms with E-state index in [0.29, 0.717) is 12.0 Å². The molecular weight excluding hydrogens is 210 g/mol. The molecule has 100 valence electrons. The molecule has 0 aliphatic rings. The van der Waals surface area contributed by atoms with Gasteiger partial charge in [-0.15, -0.1) is 0 Å². The number of hydrogen-bond donors (Lipinski definition) is 1. The maximum atomic E-state index is 9.29. The minimum Gasteiger partial charge on any atom is -0.301 e. The van der Waals surface area contributed by atoms with Crippen LogP contribution in [0.4, 0.5) is 0 Å². The molecule has 0 bridgehead atoms. The predicted octanol–water partition coefficient (Wildman–Crippen LogP) is 2.63. The number of likely N-dealkylation sites (N-methyl/N-ethyl adjacent to an activating group) is 1. The highest BCUT2D eigenvalue weighted by molar-refractivity contribution is 5.05. The number of nitrogens with one attached hydrogen (secondary N) is 1. The van der Waals surface area contributed by atoms with Gasteiger partial charge in [-0.1, -0.05) is 20.8 Å². The Morgan fingerprint density at radius 1 is 1.35 bits per heavy atom. The molecule has 0 saturated heterocycles. The van der Waals surface area contributed by atoms with Crippen molar-refractivity contribution in [3.05, 3.63) is 0 Å². The average molecular weight is 239 g/mol. The van der Waals surface area contributed by atoms with Gasteiger partial charge in [-0.25, -0.2) is 0 Å². The van der Waals surface area contributed by atoms with Crippen LogP contribution in [0.15, 0.2) is 0 Å². The average Bonchev–Trinajstić information content (AvgIpc) is 2.25. The molecule has 0 amide bonds. The molecule has 2 atom stereocenters. The highest BCUT2D eigenvalue weighted by atomic mass is 15.2. The monoisotopic (exact) mass is 239 g/mol. The summed E-state index contributed by atoms with van der Waals surface area (Å²) in [4.78, 5) is 2.28. The quantitative estimate of drug-likeness (QED) is 0.708. The van der Waals surface area contributed by atoms with Gasteiger partial charge < -0.3 is 4.90 Å². The Morgan fingerprint density at radius 2 is 1.94 bits per heavy atom. The van der Waals surface area contributed by atoms with E-state index in [1.807, 2.05) is 6.92 Å². The smallest absolute Gasteiger partial charge is 0.116 e. The first-order chi connectivity index (χ1) is 7.84. The molecule has 0 rings (SSSR count). The maximum Gasteiger partial charge on any atom is 0.116 e. The van der Waals surface area contributed by atoms with Crippen molar-refractivity contribution in [1.29, 1.82) is 5.26 Å². The van der Waals surface area contributed by atoms with Gasteiger partial charge in [0.1, 0.15) is 5.54 Å². The van der Waals surface area contributed by atoms with Gasteiger partial charge in [-0.3, -0.25) is 5.32 Å². The summed E-state index contributed by atoms with van der Waals surface area (Å²) >= 11 is 0. The number of rotatable bonds is 8. The summed E-state index contributed by atoms with van der Waals surface area (Å²) in [6.45, 7) is 12.5. The summed E-state index contributed by atoms with van der Waals surface area (Å²) in [6.07, 6.45) is 2.23. The molecule has 3 nitrogen and oxygen atoms in total. The third-order valence-corrected chi connectivity index (χ3v) is 3.14. The standard InChI is InChI=1S/C14H29N3/c1-7-8-16-14(5,10-15)11-17(6)13(4)9-12(2)3/h12-13,16H,7-9,11H2,1-6H3. The van der Waals surface area contributed by atoms with Crippen LogP contribution in [-0.2, 0) is 0 Å². The first-order valence-corrected chi connectivity index (χ1v) is 6.71. The molecule has 0 saturated carbocycles. The molecule has 0 aliphatic carbocycles. The first kappa shape index (κ1) is 16.4. The lowest BCUT2D eigenvalue weighted by molar-refractivity contribution is 0.188. The Balaban J connectivity index is 4.31. The first-order valence-electron chi connectivity index (χ1n) is 6.71. The van der Waals surface area contributed by atoms with Gasteiger partial charge in [0.2, 0.25) is 0 Å². The zero-order chi connectivity index (χ0) is 13.5. The molecule has 0 fully saturated rings. The van der Waals surface area contributed by atoms with Gasteiger partial charge in [0.05, 0.1) is 6.07 Å². The van der Waals surface area contributed by atoms with Crippen molar-refractivity contribution in [2.45, 2.75) is 59.0 Å². The summed E-state index contributed by atoms with van der Waals surface area (Å²) in [6, 6.07) is 2.92. The molecule has 0 aromatic rings. The number of nitrogens with zero attached hydrogens (tertiary/aromatic N) is 2. The van der Waals surface area contributed by atoms with Gasteiger partial charge in [-0.2, -0.15) is 5.26 Å². The molecule has 1 N–H and O–H groups in total. The lowest BCUT2D eigenvalue weighted by Gasteiger charge is -2.33. The van der Waals surface area contributed by atoms with Crippen molar-refractivity contribution >= 4 is 0 Å². The van der Waals surface area contributed by atoms with Gasteiger partial charge >= 0.3 is 0 Å². The van der Waals surface area contributed by atoms with Crippen molar-refractivity contribution in [1.82, 2.24) is 10.2 Å². The second kappa shape index (κ2) is 7.68. The van der Waals surface area contributed by atoms with E-state index in [-0.39, 0.29) is 0 Å². The van der Waals surface area contributed by atoms with Crippen LogP contribution in [0.3, 0.4) is 0 Å². The van der Waals surface area contributed by atoms with E-state index in [2.05, 4.69) is 51.0 Å². The minimum atomic E-state index is -0.435. The highest BCUT2D eigenvalue weighted by Gasteiger charge is 2.26. The largest absolute Gasteiger partial charge is 0.301 e. The lowest BCUT2D eigenvalue weighted by atomic mass is 10.00. The van der Waals surface area contributed by atoms with Gasteiger partial charge in [0.15, 0.2) is 0 Å². The molecule has 0 aromatic carbocycles. The molecule has 2 unspecified atom stereocenters. The Labute approximate surface area is 107 Å². The zero-order valence-corrected chi connectivity index (χ0v) is 12.4. The van der Waals surface area contributed by atoms with Crippen LogP contribution >= 0.6 is 0 Å². The van der Waals surface area contributed by atoms with E-state index in [1.165, 1.54) is 6.42 Å². The normalized spacial score (nSPS) is 16.9. The van der Waals surface area contributed by atoms with E-state index in [0.717, 1.165) is 19.5 Å². The Kier molecular flexibility index (Phi) is 7.41. The fourth-order valence-corrected chi connectivity index (χ4v) is 2.05. The second-order valence-electron chi connectivity index (χ2n) is 5.76. The van der Waals surface area contributed by atoms with Gasteiger partial charge in [0.25, 0.3) is 0 Å². The van der Waals surface area contributed by atoms with Gasteiger partial charge in [0, 0.05) is 12.6 Å². The van der Waals surface area contributed by atoms with Crippen LogP contribution in [0.5, 0.6) is 0 Å². The van der Waals surface area contributed by atoms with Crippen molar-refractivity contribution in [3.8, 4) is 6.07 Å². The van der Waals surface area contributed by atoms with Crippen molar-refractivity contribution in [2.75, 3.05) is 20.1 Å². The van der Waals surface area contributed by atoms with Crippen LogP contribution in [0.2, 0.25) is 0 Å². The molecule has 0 aliphatic heterocycles. The van der Waals surface area contributed by atoms with Gasteiger partial charge in [-0.05, 0) is 46.2 Å². The van der Waals surface area contributed by atoms with Crippen molar-refractivity contribution in [2.24, 2.45) is 5.92 Å². The Hall–Kier alpha value is -0.590. The summed E-state index contributed by atoms with van der Waals surface area (Å²) in [5, 5.41) is 12.6. The summed E-state index contributed by atoms with van der Waals surface area (Å²) < 4.78 is 0. The summed E-state index contributed by atoms with van der Waals surface area (Å²) in [5.74, 6) is 0.699. The fraction of sp³-hybridized carbons (Fsp3) is 0.929. The van der Waals surface area contributed by atoms with E-state index in [9.17, 15) is 5.26 Å². The van der Waals surface area contributed by atoms with E-state index in [1.54, 1.807) is 0 Å². The molecule has 0 spiro atoms. The Morgan fingerprint density at radius 3 is 2.35 bits per heavy atom. The van der Waals surface area contributed by atoms with E-state index < -0.39 is 5.54 Å². The third-order valence-electron chi connectivity index (χ3n) is 3.14. The zero-order valence-electron chi connectivity index (χ0n) is 12.4. The summed E-state index contributed by atoms with van der Waals surface area (Å²) in [7, 11) is 2.11. The van der Waals surface area contributed by atoms with E-state index >= 15 is 0 Å². The third kappa shape index (κ3) is 6.65. The van der Waals surface area contributed by atoms with E-state index in [4.69, 9.17) is 0 Å². The van der Waals surface area contributed by atoms with Crippen LogP contribution in [0.25, 0.3) is 0 Å². The molecule has 0 heterocycles. The second-order valence-corrected chi connectivity index (χ2v) is 5.76.